The Morgan fingerprint density at radius 1 is 1.54 bits per heavy atom. The van der Waals surface area contributed by atoms with E-state index in [0.717, 1.165) is 12.2 Å². The van der Waals surface area contributed by atoms with Crippen LogP contribution in [0.15, 0.2) is 0 Å². The summed E-state index contributed by atoms with van der Waals surface area (Å²) in [6.45, 7) is 2.11. The summed E-state index contributed by atoms with van der Waals surface area (Å²) in [6, 6.07) is 0.117. The van der Waals surface area contributed by atoms with E-state index in [0.29, 0.717) is 5.25 Å². The highest BCUT2D eigenvalue weighted by Gasteiger charge is 2.25. The summed E-state index contributed by atoms with van der Waals surface area (Å²) in [4.78, 5) is 21.8. The second kappa shape index (κ2) is 4.50. The molecule has 1 fully saturated rings. The normalized spacial score (nSPS) is 26.9. The van der Waals surface area contributed by atoms with Crippen molar-refractivity contribution in [3.63, 3.8) is 0 Å². The highest BCUT2D eigenvalue weighted by Crippen LogP contribution is 2.25. The van der Waals surface area contributed by atoms with Crippen molar-refractivity contribution < 1.29 is 14.3 Å². The van der Waals surface area contributed by atoms with Crippen molar-refractivity contribution in [1.29, 1.82) is 0 Å². The quantitative estimate of drug-likeness (QED) is 0.487. The van der Waals surface area contributed by atoms with Gasteiger partial charge in [-0.25, -0.2) is 4.79 Å². The number of rotatable bonds is 1. The molecule has 4 nitrogen and oxygen atoms in total. The number of carbonyl (C=O) groups excluding carboxylic acids is 2. The predicted octanol–water partition coefficient (Wildman–Crippen LogP) is 0.170. The molecule has 13 heavy (non-hydrogen) atoms. The van der Waals surface area contributed by atoms with Gasteiger partial charge in [-0.3, -0.25) is 4.79 Å². The van der Waals surface area contributed by atoms with Crippen LogP contribution in [0.4, 0.5) is 0 Å². The van der Waals surface area contributed by atoms with Crippen LogP contribution in [0.2, 0.25) is 0 Å². The summed E-state index contributed by atoms with van der Waals surface area (Å²) in [7, 11) is 1.20. The van der Waals surface area contributed by atoms with Gasteiger partial charge in [-0.2, -0.15) is 11.8 Å². The monoisotopic (exact) mass is 203 g/mol. The van der Waals surface area contributed by atoms with Gasteiger partial charge in [0.2, 0.25) is 0 Å². The van der Waals surface area contributed by atoms with Crippen LogP contribution in [-0.2, 0) is 14.3 Å². The van der Waals surface area contributed by atoms with Gasteiger partial charge in [0.1, 0.15) is 0 Å². The number of methoxy groups -OCH3 is 1. The predicted molar refractivity (Wildman–Crippen MR) is 50.5 cm³/mol. The molecule has 0 aromatic rings. The topological polar surface area (TPSA) is 55.4 Å². The Labute approximate surface area is 81.4 Å². The van der Waals surface area contributed by atoms with Crippen LogP contribution in [-0.4, -0.2) is 36.0 Å². The number of carbonyl (C=O) groups is 2. The number of esters is 1. The zero-order chi connectivity index (χ0) is 9.84. The number of thioether (sulfide) groups is 1. The van der Waals surface area contributed by atoms with Gasteiger partial charge >= 0.3 is 11.9 Å². The minimum Gasteiger partial charge on any atom is -0.462 e. The van der Waals surface area contributed by atoms with Gasteiger partial charge in [0.15, 0.2) is 0 Å². The van der Waals surface area contributed by atoms with Crippen molar-refractivity contribution in [2.24, 2.45) is 0 Å². The van der Waals surface area contributed by atoms with E-state index in [1.54, 1.807) is 11.8 Å². The first-order chi connectivity index (χ1) is 6.13. The Morgan fingerprint density at radius 2 is 2.23 bits per heavy atom. The fourth-order valence-electron chi connectivity index (χ4n) is 1.25. The first-order valence-electron chi connectivity index (χ1n) is 4.14. The molecule has 74 valence electrons. The van der Waals surface area contributed by atoms with E-state index in [1.807, 2.05) is 0 Å². The lowest BCUT2D eigenvalue weighted by atomic mass is 10.2. The van der Waals surface area contributed by atoms with E-state index < -0.39 is 11.9 Å². The second-order valence-electron chi connectivity index (χ2n) is 3.04. The van der Waals surface area contributed by atoms with Crippen molar-refractivity contribution in [2.45, 2.75) is 24.6 Å². The Balaban J connectivity index is 2.32. The van der Waals surface area contributed by atoms with Crippen molar-refractivity contribution in [3.8, 4) is 0 Å². The Kier molecular flexibility index (Phi) is 3.59. The molecule has 0 aromatic carbocycles. The number of hydrogen-bond donors (Lipinski definition) is 1. The maximum atomic E-state index is 11.0. The molecule has 0 spiro atoms. The number of nitrogens with one attached hydrogen (secondary N) is 1. The molecule has 2 unspecified atom stereocenters. The molecule has 1 aliphatic heterocycles. The highest BCUT2D eigenvalue weighted by atomic mass is 32.2. The minimum absolute atomic E-state index is 0.117. The SMILES string of the molecule is COC(=O)C(=O)NC1CSC(C)C1. The molecule has 1 N–H and O–H groups in total. The lowest BCUT2D eigenvalue weighted by Crippen LogP contribution is -2.39. The molecule has 1 aliphatic rings. The lowest BCUT2D eigenvalue weighted by Gasteiger charge is -2.09. The van der Waals surface area contributed by atoms with Crippen LogP contribution < -0.4 is 5.32 Å². The molecule has 2 atom stereocenters. The summed E-state index contributed by atoms with van der Waals surface area (Å²) in [6.07, 6.45) is 0.924. The lowest BCUT2D eigenvalue weighted by molar-refractivity contribution is -0.153. The fourth-order valence-corrected chi connectivity index (χ4v) is 2.40. The largest absolute Gasteiger partial charge is 0.462 e. The molecule has 0 saturated carbocycles. The van der Waals surface area contributed by atoms with Gasteiger partial charge in [0, 0.05) is 17.0 Å². The van der Waals surface area contributed by atoms with Gasteiger partial charge in [-0.1, -0.05) is 6.92 Å². The third-order valence-corrected chi connectivity index (χ3v) is 3.26. The molecule has 0 bridgehead atoms. The van der Waals surface area contributed by atoms with Gasteiger partial charge < -0.3 is 10.1 Å². The van der Waals surface area contributed by atoms with E-state index in [4.69, 9.17) is 0 Å². The van der Waals surface area contributed by atoms with Gasteiger partial charge in [0.25, 0.3) is 0 Å². The van der Waals surface area contributed by atoms with Crippen LogP contribution in [0.5, 0.6) is 0 Å². The smallest absolute Gasteiger partial charge is 0.396 e. The average Bonchev–Trinajstić information content (AvgIpc) is 2.49. The molecule has 0 aromatic heterocycles. The van der Waals surface area contributed by atoms with Gasteiger partial charge in [-0.05, 0) is 6.42 Å². The van der Waals surface area contributed by atoms with Crippen LogP contribution in [0.25, 0.3) is 0 Å². The van der Waals surface area contributed by atoms with Crippen molar-refractivity contribution >= 4 is 23.6 Å². The molecular formula is C8H13NO3S. The maximum Gasteiger partial charge on any atom is 0.396 e. The molecule has 0 aliphatic carbocycles. The molecule has 5 heteroatoms. The Morgan fingerprint density at radius 3 is 2.69 bits per heavy atom. The van der Waals surface area contributed by atoms with Crippen molar-refractivity contribution in [1.82, 2.24) is 5.32 Å². The first-order valence-corrected chi connectivity index (χ1v) is 5.18. The average molecular weight is 203 g/mol. The summed E-state index contributed by atoms with van der Waals surface area (Å²) in [5.41, 5.74) is 0. The standard InChI is InChI=1S/C8H13NO3S/c1-5-3-6(4-13-5)9-7(10)8(11)12-2/h5-6H,3-4H2,1-2H3,(H,9,10). The number of ether oxygens (including phenoxy) is 1. The zero-order valence-corrected chi connectivity index (χ0v) is 8.52. The van der Waals surface area contributed by atoms with Gasteiger partial charge in [0.05, 0.1) is 7.11 Å². The van der Waals surface area contributed by atoms with E-state index in [2.05, 4.69) is 17.0 Å². The number of hydrogen-bond acceptors (Lipinski definition) is 4. The number of amides is 1. The molecule has 1 amide bonds. The highest BCUT2D eigenvalue weighted by molar-refractivity contribution is 8.00. The molecular weight excluding hydrogens is 190 g/mol. The summed E-state index contributed by atoms with van der Waals surface area (Å²) in [5, 5.41) is 3.18. The van der Waals surface area contributed by atoms with E-state index in [9.17, 15) is 9.59 Å². The van der Waals surface area contributed by atoms with E-state index in [1.165, 1.54) is 7.11 Å². The van der Waals surface area contributed by atoms with Crippen LogP contribution in [0.3, 0.4) is 0 Å². The molecule has 1 saturated heterocycles. The Bertz CT molecular complexity index is 219. The van der Waals surface area contributed by atoms with E-state index in [-0.39, 0.29) is 6.04 Å². The summed E-state index contributed by atoms with van der Waals surface area (Å²) < 4.78 is 4.29. The summed E-state index contributed by atoms with van der Waals surface area (Å²) >= 11 is 1.80. The van der Waals surface area contributed by atoms with Gasteiger partial charge in [-0.15, -0.1) is 0 Å². The minimum atomic E-state index is -0.815. The van der Waals surface area contributed by atoms with Crippen molar-refractivity contribution in [2.75, 3.05) is 12.9 Å². The fraction of sp³-hybridized carbons (Fsp3) is 0.750. The van der Waals surface area contributed by atoms with Crippen LogP contribution in [0.1, 0.15) is 13.3 Å². The zero-order valence-electron chi connectivity index (χ0n) is 7.70. The third-order valence-electron chi connectivity index (χ3n) is 1.90. The van der Waals surface area contributed by atoms with Crippen LogP contribution >= 0.6 is 11.8 Å². The van der Waals surface area contributed by atoms with Crippen molar-refractivity contribution in [3.05, 3.63) is 0 Å². The summed E-state index contributed by atoms with van der Waals surface area (Å²) in [5.74, 6) is -0.573. The second-order valence-corrected chi connectivity index (χ2v) is 4.51. The molecule has 1 heterocycles. The molecule has 0 radical (unpaired) electrons. The molecule has 1 rings (SSSR count). The van der Waals surface area contributed by atoms with E-state index >= 15 is 0 Å². The maximum absolute atomic E-state index is 11.0. The third kappa shape index (κ3) is 2.91. The Hall–Kier alpha value is -0.710. The van der Waals surface area contributed by atoms with Crippen LogP contribution in [0, 0.1) is 0 Å². The first kappa shape index (κ1) is 10.4.